The van der Waals surface area contributed by atoms with Crippen LogP contribution in [0.2, 0.25) is 0 Å². The van der Waals surface area contributed by atoms with Crippen LogP contribution >= 0.6 is 12.2 Å². The maximum absolute atomic E-state index is 11.4. The number of hydrogen-bond acceptors (Lipinski definition) is 3. The van der Waals surface area contributed by atoms with E-state index < -0.39 is 10.0 Å². The minimum absolute atomic E-state index is 0.268. The lowest BCUT2D eigenvalue weighted by atomic mass is 10.3. The van der Waals surface area contributed by atoms with Crippen LogP contribution in [0.5, 0.6) is 0 Å². The van der Waals surface area contributed by atoms with Crippen LogP contribution in [-0.4, -0.2) is 36.6 Å². The van der Waals surface area contributed by atoms with Crippen molar-refractivity contribution in [2.75, 3.05) is 18.8 Å². The van der Waals surface area contributed by atoms with Crippen LogP contribution in [0.1, 0.15) is 19.3 Å². The van der Waals surface area contributed by atoms with Crippen molar-refractivity contribution in [1.29, 1.82) is 0 Å². The van der Waals surface area contributed by atoms with E-state index in [0.29, 0.717) is 24.5 Å². The van der Waals surface area contributed by atoms with Gasteiger partial charge in [0.05, 0.1) is 10.7 Å². The van der Waals surface area contributed by atoms with E-state index in [1.807, 2.05) is 0 Å². The van der Waals surface area contributed by atoms with E-state index >= 15 is 0 Å². The Morgan fingerprint density at radius 3 is 2.69 bits per heavy atom. The third-order valence-corrected chi connectivity index (χ3v) is 4.22. The molecule has 1 aliphatic rings. The summed E-state index contributed by atoms with van der Waals surface area (Å²) < 4.78 is 24.4. The van der Waals surface area contributed by atoms with E-state index in [2.05, 4.69) is 0 Å². The molecule has 0 bridgehead atoms. The van der Waals surface area contributed by atoms with Gasteiger partial charge in [-0.2, -0.15) is 0 Å². The Morgan fingerprint density at radius 1 is 1.46 bits per heavy atom. The first-order valence-corrected chi connectivity index (χ1v) is 6.30. The van der Waals surface area contributed by atoms with Crippen molar-refractivity contribution in [2.24, 2.45) is 5.73 Å². The number of nitrogens with two attached hydrogens (primary N) is 1. The molecule has 0 aromatic rings. The fourth-order valence-electron chi connectivity index (χ4n) is 1.33. The van der Waals surface area contributed by atoms with Crippen LogP contribution in [-0.2, 0) is 10.0 Å². The van der Waals surface area contributed by atoms with Crippen LogP contribution in [0.15, 0.2) is 0 Å². The van der Waals surface area contributed by atoms with Gasteiger partial charge in [0.15, 0.2) is 0 Å². The Bertz CT molecular complexity index is 287. The molecule has 0 spiro atoms. The maximum atomic E-state index is 11.4. The van der Waals surface area contributed by atoms with Gasteiger partial charge >= 0.3 is 0 Å². The van der Waals surface area contributed by atoms with Crippen molar-refractivity contribution in [1.82, 2.24) is 4.31 Å². The van der Waals surface area contributed by atoms with Crippen LogP contribution < -0.4 is 5.73 Å². The molecule has 4 nitrogen and oxygen atoms in total. The van der Waals surface area contributed by atoms with Crippen molar-refractivity contribution in [2.45, 2.75) is 19.3 Å². The van der Waals surface area contributed by atoms with Crippen molar-refractivity contribution in [3.8, 4) is 0 Å². The van der Waals surface area contributed by atoms with Gasteiger partial charge in [-0.1, -0.05) is 12.2 Å². The van der Waals surface area contributed by atoms with E-state index in [4.69, 9.17) is 18.0 Å². The Labute approximate surface area is 84.1 Å². The quantitative estimate of drug-likeness (QED) is 0.687. The fourth-order valence-corrected chi connectivity index (χ4v) is 3.02. The minimum Gasteiger partial charge on any atom is -0.393 e. The van der Waals surface area contributed by atoms with Gasteiger partial charge < -0.3 is 5.73 Å². The first kappa shape index (κ1) is 10.9. The van der Waals surface area contributed by atoms with Gasteiger partial charge in [-0.05, 0) is 12.8 Å². The largest absolute Gasteiger partial charge is 0.393 e. The summed E-state index contributed by atoms with van der Waals surface area (Å²) in [5, 5.41) is 0. The zero-order chi connectivity index (χ0) is 9.90. The van der Waals surface area contributed by atoms with Crippen molar-refractivity contribution in [3.63, 3.8) is 0 Å². The highest BCUT2D eigenvalue weighted by molar-refractivity contribution is 7.89. The average Bonchev–Trinajstić information content (AvgIpc) is 2.01. The number of nitrogens with zero attached hydrogens (tertiary/aromatic N) is 1. The maximum Gasteiger partial charge on any atom is 0.214 e. The van der Waals surface area contributed by atoms with Gasteiger partial charge in [0, 0.05) is 19.5 Å². The zero-order valence-corrected chi connectivity index (χ0v) is 9.03. The smallest absolute Gasteiger partial charge is 0.214 e. The molecule has 2 N–H and O–H groups in total. The summed E-state index contributed by atoms with van der Waals surface area (Å²) in [6, 6.07) is 0. The van der Waals surface area contributed by atoms with Crippen molar-refractivity contribution in [3.05, 3.63) is 0 Å². The first-order valence-electron chi connectivity index (χ1n) is 4.28. The van der Waals surface area contributed by atoms with Crippen LogP contribution in [0.3, 0.4) is 0 Å². The van der Waals surface area contributed by atoms with Gasteiger partial charge in [-0.15, -0.1) is 0 Å². The molecular weight excluding hydrogens is 208 g/mol. The molecule has 0 saturated carbocycles. The molecule has 13 heavy (non-hydrogen) atoms. The lowest BCUT2D eigenvalue weighted by molar-refractivity contribution is 0.391. The highest BCUT2D eigenvalue weighted by Gasteiger charge is 2.24. The number of thiocarbonyl (C=S) groups is 1. The van der Waals surface area contributed by atoms with Gasteiger partial charge in [-0.25, -0.2) is 12.7 Å². The molecule has 0 atom stereocenters. The Hall–Kier alpha value is -0.200. The summed E-state index contributed by atoms with van der Waals surface area (Å²) in [4.78, 5) is 0.376. The van der Waals surface area contributed by atoms with Gasteiger partial charge in [0.2, 0.25) is 10.0 Å². The highest BCUT2D eigenvalue weighted by Crippen LogP contribution is 2.13. The predicted molar refractivity (Wildman–Crippen MR) is 56.0 cm³/mol. The SMILES string of the molecule is NC(=S)CCN1CCCCS1(=O)=O. The zero-order valence-electron chi connectivity index (χ0n) is 7.40. The number of sulfonamides is 1. The van der Waals surface area contributed by atoms with Crippen LogP contribution in [0, 0.1) is 0 Å². The molecule has 1 saturated heterocycles. The lowest BCUT2D eigenvalue weighted by Gasteiger charge is -2.25. The summed E-state index contributed by atoms with van der Waals surface area (Å²) in [7, 11) is -3.00. The molecular formula is C7H14N2O2S2. The monoisotopic (exact) mass is 222 g/mol. The predicted octanol–water partition coefficient (Wildman–Crippen LogP) is 0.0882. The molecule has 0 aliphatic carbocycles. The van der Waals surface area contributed by atoms with Crippen LogP contribution in [0.25, 0.3) is 0 Å². The lowest BCUT2D eigenvalue weighted by Crippen LogP contribution is -2.39. The molecule has 1 heterocycles. The normalized spacial score (nSPS) is 22.8. The van der Waals surface area contributed by atoms with Gasteiger partial charge in [0.25, 0.3) is 0 Å². The van der Waals surface area contributed by atoms with E-state index in [9.17, 15) is 8.42 Å². The van der Waals surface area contributed by atoms with Crippen LogP contribution in [0.4, 0.5) is 0 Å². The van der Waals surface area contributed by atoms with E-state index in [1.165, 1.54) is 4.31 Å². The molecule has 1 fully saturated rings. The van der Waals surface area contributed by atoms with E-state index in [0.717, 1.165) is 12.8 Å². The summed E-state index contributed by atoms with van der Waals surface area (Å²) >= 11 is 4.70. The molecule has 6 heteroatoms. The van der Waals surface area contributed by atoms with E-state index in [-0.39, 0.29) is 5.75 Å². The van der Waals surface area contributed by atoms with Gasteiger partial charge in [-0.3, -0.25) is 0 Å². The molecule has 0 unspecified atom stereocenters. The fraction of sp³-hybridized carbons (Fsp3) is 0.857. The standard InChI is InChI=1S/C7H14N2O2S2/c8-7(12)3-5-9-4-1-2-6-13(9,10)11/h1-6H2,(H2,8,12). The van der Waals surface area contributed by atoms with Gasteiger partial charge in [0.1, 0.15) is 0 Å². The second-order valence-electron chi connectivity index (χ2n) is 3.14. The Balaban J connectivity index is 2.52. The molecule has 0 aromatic heterocycles. The first-order chi connectivity index (χ1) is 6.02. The molecule has 1 aliphatic heterocycles. The van der Waals surface area contributed by atoms with Crippen molar-refractivity contribution >= 4 is 27.2 Å². The molecule has 1 rings (SSSR count). The third kappa shape index (κ3) is 3.21. The number of hydrogen-bond donors (Lipinski definition) is 1. The summed E-state index contributed by atoms with van der Waals surface area (Å²) in [6.45, 7) is 1.06. The topological polar surface area (TPSA) is 63.4 Å². The molecule has 0 radical (unpaired) electrons. The molecule has 0 aromatic carbocycles. The summed E-state index contributed by atoms with van der Waals surface area (Å²) in [5.74, 6) is 0.268. The number of rotatable bonds is 3. The third-order valence-electron chi connectivity index (χ3n) is 2.06. The Kier molecular flexibility index (Phi) is 3.63. The molecule has 76 valence electrons. The second-order valence-corrected chi connectivity index (χ2v) is 5.75. The second kappa shape index (κ2) is 4.34. The summed E-state index contributed by atoms with van der Waals surface area (Å²) in [5.41, 5.74) is 5.31. The average molecular weight is 222 g/mol. The highest BCUT2D eigenvalue weighted by atomic mass is 32.2. The Morgan fingerprint density at radius 2 is 2.15 bits per heavy atom. The van der Waals surface area contributed by atoms with Crippen molar-refractivity contribution < 1.29 is 8.42 Å². The minimum atomic E-state index is -3.00. The summed E-state index contributed by atoms with van der Waals surface area (Å²) in [6.07, 6.45) is 2.19. The van der Waals surface area contributed by atoms with E-state index in [1.54, 1.807) is 0 Å². The molecule has 0 amide bonds.